The first-order chi connectivity index (χ1) is 9.72. The first-order valence-corrected chi connectivity index (χ1v) is 8.63. The lowest BCUT2D eigenvalue weighted by Crippen LogP contribution is -2.53. The highest BCUT2D eigenvalue weighted by atomic mass is 32.1. The van der Waals surface area contributed by atoms with Gasteiger partial charge in [0, 0.05) is 44.2 Å². The van der Waals surface area contributed by atoms with Gasteiger partial charge in [-0.05, 0) is 33.1 Å². The third-order valence-corrected chi connectivity index (χ3v) is 5.30. The maximum atomic E-state index is 5.87. The molecule has 0 radical (unpaired) electrons. The number of anilines is 1. The minimum Gasteiger partial charge on any atom is -0.377 e. The van der Waals surface area contributed by atoms with Gasteiger partial charge in [-0.1, -0.05) is 0 Å². The fourth-order valence-corrected chi connectivity index (χ4v) is 4.13. The summed E-state index contributed by atoms with van der Waals surface area (Å²) in [6.07, 6.45) is 4.27. The number of aromatic nitrogens is 1. The molecule has 20 heavy (non-hydrogen) atoms. The Labute approximate surface area is 125 Å². The van der Waals surface area contributed by atoms with E-state index in [0.717, 1.165) is 38.5 Å². The van der Waals surface area contributed by atoms with Crippen LogP contribution >= 0.6 is 11.3 Å². The van der Waals surface area contributed by atoms with Crippen LogP contribution in [-0.4, -0.2) is 54.8 Å². The smallest absolute Gasteiger partial charge is 0.185 e. The summed E-state index contributed by atoms with van der Waals surface area (Å²) in [5.74, 6) is 0. The van der Waals surface area contributed by atoms with Crippen LogP contribution < -0.4 is 4.90 Å². The van der Waals surface area contributed by atoms with E-state index in [9.17, 15) is 0 Å². The minimum absolute atomic E-state index is 0.463. The summed E-state index contributed by atoms with van der Waals surface area (Å²) in [6, 6.07) is 0.540. The Morgan fingerprint density at radius 2 is 2.30 bits per heavy atom. The Hall–Kier alpha value is -0.650. The van der Waals surface area contributed by atoms with Crippen LogP contribution in [0.1, 0.15) is 31.9 Å². The first-order valence-electron chi connectivity index (χ1n) is 7.75. The Bertz CT molecular complexity index is 431. The van der Waals surface area contributed by atoms with Crippen LogP contribution in [0.5, 0.6) is 0 Å². The first kappa shape index (κ1) is 14.3. The van der Waals surface area contributed by atoms with Gasteiger partial charge in [0.25, 0.3) is 0 Å². The average Bonchev–Trinajstić information content (AvgIpc) is 2.86. The summed E-state index contributed by atoms with van der Waals surface area (Å²) in [6.45, 7) is 9.78. The van der Waals surface area contributed by atoms with E-state index in [1.54, 1.807) is 11.3 Å². The second-order valence-corrected chi connectivity index (χ2v) is 6.90. The molecule has 5 heteroatoms. The van der Waals surface area contributed by atoms with Crippen molar-refractivity contribution in [2.24, 2.45) is 0 Å². The van der Waals surface area contributed by atoms with E-state index in [2.05, 4.69) is 34.0 Å². The fraction of sp³-hybridized carbons (Fsp3) is 0.800. The molecule has 4 nitrogen and oxygen atoms in total. The second kappa shape index (κ2) is 6.41. The van der Waals surface area contributed by atoms with Gasteiger partial charge in [-0.25, -0.2) is 4.98 Å². The zero-order valence-electron chi connectivity index (χ0n) is 12.5. The molecule has 1 aromatic heterocycles. The van der Waals surface area contributed by atoms with E-state index in [4.69, 9.17) is 4.74 Å². The summed E-state index contributed by atoms with van der Waals surface area (Å²) in [4.78, 5) is 9.65. The lowest BCUT2D eigenvalue weighted by Gasteiger charge is -2.41. The predicted molar refractivity (Wildman–Crippen MR) is 83.7 cm³/mol. The number of nitrogens with zero attached hydrogens (tertiary/aromatic N) is 3. The van der Waals surface area contributed by atoms with Crippen LogP contribution in [0, 0.1) is 6.92 Å². The highest BCUT2D eigenvalue weighted by Crippen LogP contribution is 2.25. The van der Waals surface area contributed by atoms with E-state index < -0.39 is 0 Å². The van der Waals surface area contributed by atoms with Crippen LogP contribution in [0.25, 0.3) is 0 Å². The van der Waals surface area contributed by atoms with E-state index >= 15 is 0 Å². The highest BCUT2D eigenvalue weighted by molar-refractivity contribution is 7.13. The molecular formula is C15H25N3OS. The lowest BCUT2D eigenvalue weighted by molar-refractivity contribution is -0.00823. The molecule has 0 aliphatic carbocycles. The van der Waals surface area contributed by atoms with Crippen molar-refractivity contribution in [2.45, 2.75) is 45.3 Å². The van der Waals surface area contributed by atoms with Gasteiger partial charge in [-0.2, -0.15) is 0 Å². The van der Waals surface area contributed by atoms with Crippen LogP contribution in [0.3, 0.4) is 0 Å². The number of thiazole rings is 1. The van der Waals surface area contributed by atoms with Crippen LogP contribution in [0.15, 0.2) is 5.38 Å². The average molecular weight is 295 g/mol. The van der Waals surface area contributed by atoms with E-state index in [1.165, 1.54) is 24.4 Å². The summed E-state index contributed by atoms with van der Waals surface area (Å²) < 4.78 is 5.87. The molecule has 1 aromatic rings. The van der Waals surface area contributed by atoms with Crippen molar-refractivity contribution >= 4 is 16.5 Å². The van der Waals surface area contributed by atoms with E-state index in [-0.39, 0.29) is 0 Å². The Morgan fingerprint density at radius 1 is 1.40 bits per heavy atom. The molecule has 3 heterocycles. The number of hydrogen-bond acceptors (Lipinski definition) is 5. The number of rotatable bonds is 3. The van der Waals surface area contributed by atoms with Crippen LogP contribution in [0.4, 0.5) is 5.13 Å². The molecule has 2 aliphatic rings. The Kier molecular flexibility index (Phi) is 4.58. The molecule has 0 amide bonds. The summed E-state index contributed by atoms with van der Waals surface area (Å²) >= 11 is 1.77. The van der Waals surface area contributed by atoms with Crippen molar-refractivity contribution < 1.29 is 4.74 Å². The van der Waals surface area contributed by atoms with Gasteiger partial charge in [0.1, 0.15) is 0 Å². The van der Waals surface area contributed by atoms with Gasteiger partial charge in [0.05, 0.1) is 11.8 Å². The quantitative estimate of drug-likeness (QED) is 0.857. The largest absolute Gasteiger partial charge is 0.377 e. The molecule has 0 saturated carbocycles. The maximum absolute atomic E-state index is 5.87. The summed E-state index contributed by atoms with van der Waals surface area (Å²) in [5, 5.41) is 3.33. The normalized spacial score (nSPS) is 28.8. The molecule has 0 bridgehead atoms. The molecule has 0 unspecified atom stereocenters. The van der Waals surface area contributed by atoms with Crippen molar-refractivity contribution in [1.82, 2.24) is 9.88 Å². The van der Waals surface area contributed by atoms with E-state index in [1.807, 2.05) is 0 Å². The van der Waals surface area contributed by atoms with Gasteiger partial charge in [0.15, 0.2) is 5.13 Å². The monoisotopic (exact) mass is 295 g/mol. The van der Waals surface area contributed by atoms with Gasteiger partial charge < -0.3 is 9.64 Å². The van der Waals surface area contributed by atoms with E-state index in [0.29, 0.717) is 12.1 Å². The topological polar surface area (TPSA) is 28.6 Å². The lowest BCUT2D eigenvalue weighted by atomic mass is 10.1. The van der Waals surface area contributed by atoms with Crippen molar-refractivity contribution in [3.05, 3.63) is 11.1 Å². The number of hydrogen-bond donors (Lipinski definition) is 0. The summed E-state index contributed by atoms with van der Waals surface area (Å²) in [7, 11) is 0. The number of piperazine rings is 1. The van der Waals surface area contributed by atoms with Crippen molar-refractivity contribution in [3.8, 4) is 0 Å². The maximum Gasteiger partial charge on any atom is 0.185 e. The van der Waals surface area contributed by atoms with Crippen molar-refractivity contribution in [1.29, 1.82) is 0 Å². The van der Waals surface area contributed by atoms with Crippen molar-refractivity contribution in [3.63, 3.8) is 0 Å². The molecule has 2 aliphatic heterocycles. The van der Waals surface area contributed by atoms with Gasteiger partial charge >= 0.3 is 0 Å². The molecule has 3 rings (SSSR count). The number of aryl methyl sites for hydroxylation is 1. The molecule has 0 aromatic carbocycles. The predicted octanol–water partition coefficient (Wildman–Crippen LogP) is 2.53. The zero-order valence-corrected chi connectivity index (χ0v) is 13.4. The second-order valence-electron chi connectivity index (χ2n) is 6.06. The number of ether oxygens (including phenoxy) is 1. The van der Waals surface area contributed by atoms with Gasteiger partial charge in [-0.3, -0.25) is 4.90 Å². The molecule has 0 N–H and O–H groups in total. The fourth-order valence-electron chi connectivity index (χ4n) is 3.20. The molecular weight excluding hydrogens is 270 g/mol. The zero-order chi connectivity index (χ0) is 13.9. The molecule has 2 saturated heterocycles. The Morgan fingerprint density at radius 3 is 2.95 bits per heavy atom. The molecule has 0 spiro atoms. The molecule has 112 valence electrons. The standard InChI is InChI=1S/C15H25N3OS/c1-12-11-20-15(16-12)18-7-6-17(9-13(18)2)10-14-5-3-4-8-19-14/h11,13-14H,3-10H2,1-2H3/t13-,14+/m1/s1. The minimum atomic E-state index is 0.463. The highest BCUT2D eigenvalue weighted by Gasteiger charge is 2.27. The third-order valence-electron chi connectivity index (χ3n) is 4.30. The van der Waals surface area contributed by atoms with Crippen LogP contribution in [0.2, 0.25) is 0 Å². The molecule has 2 fully saturated rings. The van der Waals surface area contributed by atoms with Crippen LogP contribution in [-0.2, 0) is 4.74 Å². The van der Waals surface area contributed by atoms with Gasteiger partial charge in [-0.15, -0.1) is 11.3 Å². The Balaban J connectivity index is 1.53. The molecule has 2 atom stereocenters. The third kappa shape index (κ3) is 3.32. The van der Waals surface area contributed by atoms with Gasteiger partial charge in [0.2, 0.25) is 0 Å². The SMILES string of the molecule is Cc1csc(N2CCN(C[C@@H]3CCCCO3)C[C@H]2C)n1. The van der Waals surface area contributed by atoms with Crippen molar-refractivity contribution in [2.75, 3.05) is 37.7 Å². The summed E-state index contributed by atoms with van der Waals surface area (Å²) in [5.41, 5.74) is 1.13.